The summed E-state index contributed by atoms with van der Waals surface area (Å²) < 4.78 is 0. The smallest absolute Gasteiger partial charge is 0.550 e. The zero-order valence-corrected chi connectivity index (χ0v) is 11.1. The van der Waals surface area contributed by atoms with E-state index in [4.69, 9.17) is 10.2 Å². The van der Waals surface area contributed by atoms with Gasteiger partial charge in [-0.25, -0.2) is 0 Å². The van der Waals surface area contributed by atoms with Gasteiger partial charge in [-0.15, -0.1) is 0 Å². The van der Waals surface area contributed by atoms with Crippen LogP contribution in [0.3, 0.4) is 0 Å². The summed E-state index contributed by atoms with van der Waals surface area (Å²) in [7, 11) is 0. The third-order valence-electron chi connectivity index (χ3n) is 1.26. The van der Waals surface area contributed by atoms with E-state index in [1.54, 1.807) is 0 Å². The van der Waals surface area contributed by atoms with Crippen LogP contribution >= 0.6 is 0 Å². The Balaban J connectivity index is 0. The van der Waals surface area contributed by atoms with Gasteiger partial charge >= 0.3 is 33.3 Å². The molecule has 0 rings (SSSR count). The first-order chi connectivity index (χ1) is 5.78. The van der Waals surface area contributed by atoms with Crippen LogP contribution < -0.4 is 10.2 Å². The average Bonchev–Trinajstić information content (AvgIpc) is 1.82. The zero-order valence-electron chi connectivity index (χ0n) is 7.06. The largest absolute Gasteiger partial charge is 2.00 e. The Morgan fingerprint density at radius 3 is 1.79 bits per heavy atom. The molecule has 74 valence electrons. The quantitative estimate of drug-likeness (QED) is 0.495. The molecule has 0 bridgehead atoms. The second-order valence-corrected chi connectivity index (χ2v) is 2.44. The zero-order chi connectivity index (χ0) is 10.6. The van der Waals surface area contributed by atoms with E-state index in [0.717, 1.165) is 0 Å². The summed E-state index contributed by atoms with van der Waals surface area (Å²) in [6, 6.07) is 0. The van der Waals surface area contributed by atoms with Gasteiger partial charge in [-0.1, -0.05) is 0 Å². The fraction of sp³-hybridized carbons (Fsp3) is 0.500. The minimum atomic E-state index is -2.91. The van der Waals surface area contributed by atoms with Crippen molar-refractivity contribution in [2.45, 2.75) is 18.4 Å². The number of carbonyl (C=O) groups excluding carboxylic acids is 2. The van der Waals surface area contributed by atoms with Crippen molar-refractivity contribution in [2.24, 2.45) is 0 Å². The van der Waals surface area contributed by atoms with Gasteiger partial charge in [-0.2, -0.15) is 0 Å². The summed E-state index contributed by atoms with van der Waals surface area (Å²) in [5, 5.41) is 37.2. The molecular weight excluding hydrogens is 296 g/mol. The van der Waals surface area contributed by atoms with Crippen LogP contribution in [0.25, 0.3) is 0 Å². The van der Waals surface area contributed by atoms with Crippen molar-refractivity contribution in [3.63, 3.8) is 0 Å². The van der Waals surface area contributed by atoms with Crippen molar-refractivity contribution < 1.29 is 62.1 Å². The van der Waals surface area contributed by atoms with E-state index in [1.165, 1.54) is 0 Å². The molecule has 0 aromatic carbocycles. The summed E-state index contributed by atoms with van der Waals surface area (Å²) in [5.74, 6) is -5.67. The first-order valence-corrected chi connectivity index (χ1v) is 3.13. The number of carboxylic acid groups (broad SMARTS) is 3. The number of hydrogen-bond donors (Lipinski definition) is 2. The van der Waals surface area contributed by atoms with Crippen molar-refractivity contribution in [1.29, 1.82) is 0 Å². The molecule has 0 aromatic heterocycles. The van der Waals surface area contributed by atoms with Gasteiger partial charge < -0.3 is 30.0 Å². The average molecular weight is 303 g/mol. The molecular formula is C6H6CdO7. The van der Waals surface area contributed by atoms with Gasteiger partial charge in [0.1, 0.15) is 5.60 Å². The first-order valence-electron chi connectivity index (χ1n) is 3.13. The molecule has 0 spiro atoms. The van der Waals surface area contributed by atoms with Crippen molar-refractivity contribution in [3.8, 4) is 0 Å². The fourth-order valence-corrected chi connectivity index (χ4v) is 0.696. The molecule has 0 fully saturated rings. The van der Waals surface area contributed by atoms with E-state index in [0.29, 0.717) is 0 Å². The van der Waals surface area contributed by atoms with Crippen LogP contribution in [0.1, 0.15) is 12.8 Å². The number of carboxylic acids is 3. The van der Waals surface area contributed by atoms with Crippen LogP contribution in [0.4, 0.5) is 0 Å². The second kappa shape index (κ2) is 5.91. The van der Waals surface area contributed by atoms with Gasteiger partial charge in [0.2, 0.25) is 0 Å². The van der Waals surface area contributed by atoms with Gasteiger partial charge in [-0.3, -0.25) is 4.79 Å². The third-order valence-corrected chi connectivity index (χ3v) is 1.26. The predicted molar refractivity (Wildman–Crippen MR) is 31.8 cm³/mol. The molecule has 2 N–H and O–H groups in total. The van der Waals surface area contributed by atoms with Crippen molar-refractivity contribution >= 4 is 17.9 Å². The molecule has 0 amide bonds. The predicted octanol–water partition coefficient (Wildman–Crippen LogP) is -3.92. The number of carbonyl (C=O) groups is 3. The summed E-state index contributed by atoms with van der Waals surface area (Å²) in [6.07, 6.45) is -2.56. The molecule has 0 aromatic rings. The normalized spacial score (nSPS) is 13.5. The maximum atomic E-state index is 10.2. The fourth-order valence-electron chi connectivity index (χ4n) is 0.696. The van der Waals surface area contributed by atoms with Crippen LogP contribution in [0, 0.1) is 0 Å². The van der Waals surface area contributed by atoms with Crippen LogP contribution in [0.2, 0.25) is 0 Å². The molecule has 0 aliphatic rings. The van der Waals surface area contributed by atoms with E-state index < -0.39 is 36.4 Å². The Kier molecular flexibility index (Phi) is 6.64. The Hall–Kier alpha value is -0.708. The van der Waals surface area contributed by atoms with Crippen LogP contribution in [-0.4, -0.2) is 33.7 Å². The Bertz CT molecular complexity index is 233. The molecule has 14 heavy (non-hydrogen) atoms. The SMILES string of the molecule is O=C([O-])CC(O)(CC(=O)O)C(=O)[O-].[Cd+2]. The number of aliphatic carboxylic acids is 3. The van der Waals surface area contributed by atoms with Crippen molar-refractivity contribution in [2.75, 3.05) is 0 Å². The molecule has 0 radical (unpaired) electrons. The third kappa shape index (κ3) is 5.12. The van der Waals surface area contributed by atoms with Gasteiger partial charge in [0.25, 0.3) is 0 Å². The Morgan fingerprint density at radius 1 is 1.14 bits per heavy atom. The van der Waals surface area contributed by atoms with E-state index >= 15 is 0 Å². The molecule has 1 unspecified atom stereocenters. The molecule has 0 aliphatic heterocycles. The van der Waals surface area contributed by atoms with Crippen LogP contribution in [0.5, 0.6) is 0 Å². The summed E-state index contributed by atoms with van der Waals surface area (Å²) in [6.45, 7) is 0. The van der Waals surface area contributed by atoms with Crippen LogP contribution in [0.15, 0.2) is 0 Å². The van der Waals surface area contributed by atoms with E-state index in [2.05, 4.69) is 0 Å². The van der Waals surface area contributed by atoms with E-state index in [1.807, 2.05) is 0 Å². The molecule has 0 heterocycles. The first kappa shape index (κ1) is 15.8. The van der Waals surface area contributed by atoms with E-state index in [-0.39, 0.29) is 27.3 Å². The molecule has 1 atom stereocenters. The van der Waals surface area contributed by atoms with Gasteiger partial charge in [0.05, 0.1) is 12.4 Å². The summed E-state index contributed by atoms with van der Waals surface area (Å²) in [4.78, 5) is 30.2. The van der Waals surface area contributed by atoms with Crippen molar-refractivity contribution in [1.82, 2.24) is 0 Å². The number of hydrogen-bond acceptors (Lipinski definition) is 6. The molecule has 0 aliphatic carbocycles. The topological polar surface area (TPSA) is 138 Å². The molecule has 0 saturated carbocycles. The van der Waals surface area contributed by atoms with Gasteiger partial charge in [-0.05, 0) is 0 Å². The van der Waals surface area contributed by atoms with Gasteiger partial charge in [0, 0.05) is 12.4 Å². The number of aliphatic hydroxyl groups is 1. The minimum absolute atomic E-state index is 0. The molecule has 8 heteroatoms. The summed E-state index contributed by atoms with van der Waals surface area (Å²) in [5.41, 5.74) is -2.91. The molecule has 7 nitrogen and oxygen atoms in total. The maximum Gasteiger partial charge on any atom is 2.00 e. The van der Waals surface area contributed by atoms with Gasteiger partial charge in [0.15, 0.2) is 0 Å². The number of rotatable bonds is 5. The molecule has 0 saturated heterocycles. The second-order valence-electron chi connectivity index (χ2n) is 2.44. The van der Waals surface area contributed by atoms with E-state index in [9.17, 15) is 24.6 Å². The maximum absolute atomic E-state index is 10.2. The van der Waals surface area contributed by atoms with Crippen molar-refractivity contribution in [3.05, 3.63) is 0 Å². The standard InChI is InChI=1S/C6H8O7.Cd/c7-3(8)1-6(13,5(11)12)2-4(9)10;/h13H,1-2H2,(H,7,8)(H,9,10)(H,11,12);/q;+2/p-2. The Labute approximate surface area is 98.5 Å². The minimum Gasteiger partial charge on any atom is -0.550 e. The summed E-state index contributed by atoms with van der Waals surface area (Å²) >= 11 is 0. The van der Waals surface area contributed by atoms with Crippen LogP contribution in [-0.2, 0) is 41.7 Å². The Morgan fingerprint density at radius 2 is 1.57 bits per heavy atom. The monoisotopic (exact) mass is 304 g/mol.